The average Bonchev–Trinajstić information content (AvgIpc) is 2.77. The zero-order valence-electron chi connectivity index (χ0n) is 8.73. The summed E-state index contributed by atoms with van der Waals surface area (Å²) in [7, 11) is 2.53. The van der Waals surface area contributed by atoms with Crippen LogP contribution in [0.4, 0.5) is 0 Å². The van der Waals surface area contributed by atoms with Crippen molar-refractivity contribution in [1.29, 1.82) is 0 Å². The molecule has 0 N–H and O–H groups in total. The predicted molar refractivity (Wildman–Crippen MR) is 47.8 cm³/mol. The molecule has 0 aromatic rings. The molecule has 2 atom stereocenters. The van der Waals surface area contributed by atoms with Crippen LogP contribution in [0, 0.1) is 5.92 Å². The Morgan fingerprint density at radius 2 is 2.13 bits per heavy atom. The number of hydrogen-bond donors (Lipinski definition) is 0. The molecule has 6 nitrogen and oxygen atoms in total. The molecule has 0 amide bonds. The van der Waals surface area contributed by atoms with E-state index in [1.165, 1.54) is 14.2 Å². The molecule has 0 aromatic carbocycles. The maximum absolute atomic E-state index is 11.4. The summed E-state index contributed by atoms with van der Waals surface area (Å²) in [6, 6.07) is 0. The van der Waals surface area contributed by atoms with Crippen LogP contribution in [0.25, 0.3) is 0 Å². The summed E-state index contributed by atoms with van der Waals surface area (Å²) in [5.74, 6) is -1.62. The second kappa shape index (κ2) is 5.67. The van der Waals surface area contributed by atoms with Gasteiger partial charge in [0.1, 0.15) is 6.79 Å². The average molecular weight is 218 g/mol. The zero-order valence-corrected chi connectivity index (χ0v) is 8.73. The fourth-order valence-corrected chi connectivity index (χ4v) is 1.36. The Morgan fingerprint density at radius 3 is 2.60 bits per heavy atom. The van der Waals surface area contributed by atoms with Crippen LogP contribution in [-0.2, 0) is 28.5 Å². The summed E-state index contributed by atoms with van der Waals surface area (Å²) in [5, 5.41) is 0. The van der Waals surface area contributed by atoms with Gasteiger partial charge in [-0.15, -0.1) is 0 Å². The van der Waals surface area contributed by atoms with Crippen LogP contribution in [0.1, 0.15) is 6.42 Å². The first-order chi connectivity index (χ1) is 7.19. The number of methoxy groups -OCH3 is 2. The summed E-state index contributed by atoms with van der Waals surface area (Å²) in [4.78, 5) is 22.5. The van der Waals surface area contributed by atoms with Crippen molar-refractivity contribution < 1.29 is 28.5 Å². The monoisotopic (exact) mass is 218 g/mol. The third-order valence-electron chi connectivity index (χ3n) is 2.21. The van der Waals surface area contributed by atoms with Gasteiger partial charge in [0.25, 0.3) is 0 Å². The van der Waals surface area contributed by atoms with Crippen LogP contribution in [0.2, 0.25) is 0 Å². The van der Waals surface area contributed by atoms with Crippen molar-refractivity contribution in [3.05, 3.63) is 0 Å². The van der Waals surface area contributed by atoms with Gasteiger partial charge in [0.05, 0.1) is 39.3 Å². The van der Waals surface area contributed by atoms with Crippen molar-refractivity contribution in [1.82, 2.24) is 0 Å². The first-order valence-electron chi connectivity index (χ1n) is 4.53. The number of esters is 2. The van der Waals surface area contributed by atoms with E-state index in [1.54, 1.807) is 0 Å². The van der Waals surface area contributed by atoms with Gasteiger partial charge in [0, 0.05) is 0 Å². The molecule has 0 spiro atoms. The largest absolute Gasteiger partial charge is 0.469 e. The van der Waals surface area contributed by atoms with Crippen molar-refractivity contribution in [2.45, 2.75) is 12.5 Å². The maximum atomic E-state index is 11.4. The van der Waals surface area contributed by atoms with E-state index >= 15 is 0 Å². The Kier molecular flexibility index (Phi) is 4.51. The molecule has 0 bridgehead atoms. The lowest BCUT2D eigenvalue weighted by Gasteiger charge is -2.17. The molecule has 0 aliphatic carbocycles. The van der Waals surface area contributed by atoms with Gasteiger partial charge in [0.2, 0.25) is 0 Å². The molecule has 6 heteroatoms. The van der Waals surface area contributed by atoms with Gasteiger partial charge in [-0.3, -0.25) is 9.59 Å². The number of carbonyl (C=O) groups is 2. The van der Waals surface area contributed by atoms with Gasteiger partial charge in [0.15, 0.2) is 0 Å². The van der Waals surface area contributed by atoms with Gasteiger partial charge >= 0.3 is 11.9 Å². The van der Waals surface area contributed by atoms with E-state index < -0.39 is 24.0 Å². The number of ether oxygens (including phenoxy) is 4. The summed E-state index contributed by atoms with van der Waals surface area (Å²) < 4.78 is 19.2. The van der Waals surface area contributed by atoms with Crippen LogP contribution in [0.3, 0.4) is 0 Å². The van der Waals surface area contributed by atoms with Gasteiger partial charge in [-0.05, 0) is 0 Å². The maximum Gasteiger partial charge on any atom is 0.311 e. The number of rotatable bonds is 4. The lowest BCUT2D eigenvalue weighted by Crippen LogP contribution is -2.33. The summed E-state index contributed by atoms with van der Waals surface area (Å²) in [6.07, 6.45) is -0.492. The van der Waals surface area contributed by atoms with E-state index in [0.29, 0.717) is 0 Å². The molecular weight excluding hydrogens is 204 g/mol. The van der Waals surface area contributed by atoms with Gasteiger partial charge in [-0.1, -0.05) is 0 Å². The predicted octanol–water partition coefficient (Wildman–Crippen LogP) is -0.288. The second-order valence-corrected chi connectivity index (χ2v) is 3.10. The van der Waals surface area contributed by atoms with Crippen molar-refractivity contribution in [3.63, 3.8) is 0 Å². The molecular formula is C9H14O6. The standard InChI is InChI=1S/C9H14O6/c1-12-8(10)3-6(9(11)13-2)7-4-14-5-15-7/h6-7H,3-5H2,1-2H3/t6-,7+/m0/s1. The van der Waals surface area contributed by atoms with Gasteiger partial charge in [-0.2, -0.15) is 0 Å². The molecule has 86 valence electrons. The highest BCUT2D eigenvalue weighted by molar-refractivity contribution is 5.80. The van der Waals surface area contributed by atoms with Crippen LogP contribution in [0.5, 0.6) is 0 Å². The molecule has 1 rings (SSSR count). The summed E-state index contributed by atoms with van der Waals surface area (Å²) in [6.45, 7) is 0.427. The van der Waals surface area contributed by atoms with Crippen LogP contribution in [0.15, 0.2) is 0 Å². The minimum absolute atomic E-state index is 0.0583. The van der Waals surface area contributed by atoms with E-state index in [9.17, 15) is 9.59 Å². The van der Waals surface area contributed by atoms with Crippen molar-refractivity contribution in [2.75, 3.05) is 27.6 Å². The summed E-state index contributed by atoms with van der Waals surface area (Å²) >= 11 is 0. The van der Waals surface area contributed by atoms with E-state index in [-0.39, 0.29) is 19.8 Å². The first-order valence-corrected chi connectivity index (χ1v) is 4.53. The van der Waals surface area contributed by atoms with Crippen LogP contribution < -0.4 is 0 Å². The Balaban J connectivity index is 2.59. The highest BCUT2D eigenvalue weighted by Crippen LogP contribution is 2.19. The van der Waals surface area contributed by atoms with Gasteiger partial charge < -0.3 is 18.9 Å². The zero-order chi connectivity index (χ0) is 11.3. The van der Waals surface area contributed by atoms with Crippen molar-refractivity contribution in [3.8, 4) is 0 Å². The highest BCUT2D eigenvalue weighted by atomic mass is 16.7. The highest BCUT2D eigenvalue weighted by Gasteiger charge is 2.35. The molecule has 0 aromatic heterocycles. The lowest BCUT2D eigenvalue weighted by molar-refractivity contribution is -0.156. The fraction of sp³-hybridized carbons (Fsp3) is 0.778. The Morgan fingerprint density at radius 1 is 1.40 bits per heavy atom. The Labute approximate surface area is 87.4 Å². The van der Waals surface area contributed by atoms with Crippen molar-refractivity contribution >= 4 is 11.9 Å². The lowest BCUT2D eigenvalue weighted by atomic mass is 9.99. The molecule has 1 aliphatic heterocycles. The molecule has 0 radical (unpaired) electrons. The van der Waals surface area contributed by atoms with E-state index in [2.05, 4.69) is 9.47 Å². The topological polar surface area (TPSA) is 71.1 Å². The number of hydrogen-bond acceptors (Lipinski definition) is 6. The summed E-state index contributed by atoms with van der Waals surface area (Å²) in [5.41, 5.74) is 0. The van der Waals surface area contributed by atoms with Gasteiger partial charge in [-0.25, -0.2) is 0 Å². The van der Waals surface area contributed by atoms with E-state index in [0.717, 1.165) is 0 Å². The Bertz CT molecular complexity index is 233. The molecule has 15 heavy (non-hydrogen) atoms. The minimum atomic E-state index is -0.662. The van der Waals surface area contributed by atoms with Crippen LogP contribution in [-0.4, -0.2) is 45.7 Å². The van der Waals surface area contributed by atoms with E-state index in [1.807, 2.05) is 0 Å². The van der Waals surface area contributed by atoms with Crippen molar-refractivity contribution in [2.24, 2.45) is 5.92 Å². The SMILES string of the molecule is COC(=O)C[C@H](C(=O)OC)[C@H]1COCO1. The first kappa shape index (κ1) is 11.9. The third-order valence-corrected chi connectivity index (χ3v) is 2.21. The molecule has 1 saturated heterocycles. The minimum Gasteiger partial charge on any atom is -0.469 e. The number of carbonyl (C=O) groups excluding carboxylic acids is 2. The van der Waals surface area contributed by atoms with E-state index in [4.69, 9.17) is 9.47 Å². The molecule has 1 heterocycles. The van der Waals surface area contributed by atoms with Crippen LogP contribution >= 0.6 is 0 Å². The normalized spacial score (nSPS) is 22.1. The second-order valence-electron chi connectivity index (χ2n) is 3.10. The Hall–Kier alpha value is -1.14. The smallest absolute Gasteiger partial charge is 0.311 e. The quantitative estimate of drug-likeness (QED) is 0.604. The fourth-order valence-electron chi connectivity index (χ4n) is 1.36. The molecule has 0 saturated carbocycles. The third kappa shape index (κ3) is 3.17. The molecule has 1 aliphatic rings. The molecule has 1 fully saturated rings. The molecule has 0 unspecified atom stereocenters.